The molecular weight excluding hydrogens is 534 g/mol. The first-order valence-corrected chi connectivity index (χ1v) is 14.6. The molecule has 1 aromatic carbocycles. The van der Waals surface area contributed by atoms with Crippen molar-refractivity contribution in [3.63, 3.8) is 0 Å². The van der Waals surface area contributed by atoms with Crippen molar-refractivity contribution in [3.8, 4) is 11.3 Å². The normalized spacial score (nSPS) is 23.7. The summed E-state index contributed by atoms with van der Waals surface area (Å²) < 4.78 is 2.13. The molecule has 3 aromatic heterocycles. The SMILES string of the molecule is O=C1CCC(N2C(=O)c3ccc(NC[C@H]4C[C@H](n5cc(-c6ccc7[nH]ccc7n6)c(C6CC6)n5)C4)cc3C2=O)C(=O)N1. The monoisotopic (exact) mass is 563 g/mol. The first-order chi connectivity index (χ1) is 20.4. The molecule has 42 heavy (non-hydrogen) atoms. The molecular formula is C31H29N7O4. The van der Waals surface area contributed by atoms with Gasteiger partial charge in [0.25, 0.3) is 11.8 Å². The molecule has 0 radical (unpaired) electrons. The second kappa shape index (κ2) is 9.37. The summed E-state index contributed by atoms with van der Waals surface area (Å²) in [6.45, 7) is 0.740. The van der Waals surface area contributed by atoms with Gasteiger partial charge in [-0.1, -0.05) is 0 Å². The summed E-state index contributed by atoms with van der Waals surface area (Å²) in [5.41, 5.74) is 6.56. The van der Waals surface area contributed by atoms with E-state index in [-0.39, 0.29) is 29.9 Å². The van der Waals surface area contributed by atoms with Crippen molar-refractivity contribution < 1.29 is 19.2 Å². The van der Waals surface area contributed by atoms with Crippen LogP contribution in [0.5, 0.6) is 0 Å². The molecule has 4 amide bonds. The Kier molecular flexibility index (Phi) is 5.56. The molecule has 3 fully saturated rings. The minimum absolute atomic E-state index is 0.0982. The minimum Gasteiger partial charge on any atom is -0.385 e. The number of aromatic amines is 1. The Hall–Kier alpha value is -4.80. The molecule has 11 nitrogen and oxygen atoms in total. The van der Waals surface area contributed by atoms with Gasteiger partial charge in [-0.25, -0.2) is 4.98 Å². The highest BCUT2D eigenvalue weighted by Gasteiger charge is 2.44. The van der Waals surface area contributed by atoms with Crippen molar-refractivity contribution >= 4 is 40.3 Å². The van der Waals surface area contributed by atoms with Gasteiger partial charge < -0.3 is 10.3 Å². The summed E-state index contributed by atoms with van der Waals surface area (Å²) in [4.78, 5) is 59.0. The number of rotatable bonds is 7. The van der Waals surface area contributed by atoms with E-state index in [0.29, 0.717) is 17.9 Å². The molecule has 1 atom stereocenters. The van der Waals surface area contributed by atoms with E-state index in [1.165, 1.54) is 12.8 Å². The Bertz CT molecular complexity index is 1800. The molecule has 4 aliphatic rings. The highest BCUT2D eigenvalue weighted by Crippen LogP contribution is 2.45. The first kappa shape index (κ1) is 25.0. The fourth-order valence-corrected chi connectivity index (χ4v) is 6.46. The van der Waals surface area contributed by atoms with Crippen LogP contribution in [-0.4, -0.2) is 60.9 Å². The number of H-pyrrole nitrogens is 1. The number of fused-ring (bicyclic) bond motifs is 2. The summed E-state index contributed by atoms with van der Waals surface area (Å²) in [6.07, 6.45) is 8.65. The Morgan fingerprint density at radius 3 is 2.57 bits per heavy atom. The van der Waals surface area contributed by atoms with Gasteiger partial charge in [0.2, 0.25) is 11.8 Å². The van der Waals surface area contributed by atoms with Crippen LogP contribution in [0.3, 0.4) is 0 Å². The van der Waals surface area contributed by atoms with Crippen LogP contribution in [0.2, 0.25) is 0 Å². The summed E-state index contributed by atoms with van der Waals surface area (Å²) >= 11 is 0. The summed E-state index contributed by atoms with van der Waals surface area (Å²) in [7, 11) is 0. The smallest absolute Gasteiger partial charge is 0.262 e. The number of imide groups is 2. The Labute approximate surface area is 240 Å². The third kappa shape index (κ3) is 4.10. The number of piperidine rings is 1. The summed E-state index contributed by atoms with van der Waals surface area (Å²) in [5, 5.41) is 10.7. The highest BCUT2D eigenvalue weighted by atomic mass is 16.2. The number of benzene rings is 1. The van der Waals surface area contributed by atoms with Gasteiger partial charge in [-0.15, -0.1) is 0 Å². The van der Waals surface area contributed by atoms with E-state index in [1.54, 1.807) is 18.2 Å². The van der Waals surface area contributed by atoms with Crippen LogP contribution in [0.1, 0.15) is 76.9 Å². The largest absolute Gasteiger partial charge is 0.385 e. The number of anilines is 1. The van der Waals surface area contributed by atoms with Crippen LogP contribution in [0.15, 0.2) is 48.8 Å². The third-order valence-electron chi connectivity index (χ3n) is 9.02. The molecule has 1 unspecified atom stereocenters. The zero-order valence-corrected chi connectivity index (χ0v) is 22.8. The maximum absolute atomic E-state index is 13.1. The van der Waals surface area contributed by atoms with Crippen LogP contribution in [0.4, 0.5) is 5.69 Å². The number of aromatic nitrogens is 4. The van der Waals surface area contributed by atoms with E-state index in [2.05, 4.69) is 38.6 Å². The van der Waals surface area contributed by atoms with Crippen molar-refractivity contribution in [1.29, 1.82) is 0 Å². The van der Waals surface area contributed by atoms with E-state index < -0.39 is 23.8 Å². The average molecular weight is 564 g/mol. The molecule has 212 valence electrons. The van der Waals surface area contributed by atoms with Gasteiger partial charge in [0.1, 0.15) is 6.04 Å². The molecule has 8 rings (SSSR count). The van der Waals surface area contributed by atoms with Gasteiger partial charge in [-0.05, 0) is 74.4 Å². The van der Waals surface area contributed by atoms with E-state index >= 15 is 0 Å². The standard InChI is InChI=1S/C31H29N7O4/c39-27-8-7-26(29(40)35-27)38-30(41)20-4-3-18(13-21(20)31(38)42)33-14-16-11-19(12-16)37-15-22(28(36-37)17-1-2-17)23-5-6-24-25(34-23)9-10-32-24/h3-6,9-10,13,15-17,19,26,32-33H,1-2,7-8,11-12,14H2,(H,35,39,40)/t16-,19-,26?. The number of nitrogens with zero attached hydrogens (tertiary/aromatic N) is 4. The second-order valence-electron chi connectivity index (χ2n) is 11.9. The number of hydrogen-bond acceptors (Lipinski definition) is 7. The van der Waals surface area contributed by atoms with Crippen LogP contribution >= 0.6 is 0 Å². The third-order valence-corrected chi connectivity index (χ3v) is 9.02. The number of carbonyl (C=O) groups is 4. The van der Waals surface area contributed by atoms with Crippen molar-refractivity contribution in [2.75, 3.05) is 11.9 Å². The molecule has 0 bridgehead atoms. The molecule has 2 aliphatic carbocycles. The maximum Gasteiger partial charge on any atom is 0.262 e. The average Bonchev–Trinajstić information content (AvgIpc) is 3.44. The second-order valence-corrected chi connectivity index (χ2v) is 11.9. The van der Waals surface area contributed by atoms with Crippen molar-refractivity contribution in [2.45, 2.75) is 56.5 Å². The van der Waals surface area contributed by atoms with Gasteiger partial charge in [-0.3, -0.25) is 34.1 Å². The van der Waals surface area contributed by atoms with Crippen molar-refractivity contribution in [2.24, 2.45) is 5.92 Å². The van der Waals surface area contributed by atoms with Crippen LogP contribution in [0, 0.1) is 5.92 Å². The Morgan fingerprint density at radius 2 is 1.76 bits per heavy atom. The number of hydrogen-bond donors (Lipinski definition) is 3. The predicted molar refractivity (Wildman–Crippen MR) is 153 cm³/mol. The maximum atomic E-state index is 13.1. The molecule has 0 spiro atoms. The zero-order valence-electron chi connectivity index (χ0n) is 22.8. The quantitative estimate of drug-likeness (QED) is 0.291. The van der Waals surface area contributed by atoms with Crippen LogP contribution < -0.4 is 10.6 Å². The molecule has 2 aliphatic heterocycles. The van der Waals surface area contributed by atoms with Gasteiger partial charge in [0, 0.05) is 42.5 Å². The van der Waals surface area contributed by atoms with E-state index in [0.717, 1.165) is 58.0 Å². The molecule has 5 heterocycles. The lowest BCUT2D eigenvalue weighted by atomic mass is 9.80. The lowest BCUT2D eigenvalue weighted by Gasteiger charge is -2.35. The van der Waals surface area contributed by atoms with Crippen molar-refractivity contribution in [3.05, 3.63) is 65.6 Å². The van der Waals surface area contributed by atoms with E-state index in [9.17, 15) is 19.2 Å². The Balaban J connectivity index is 0.921. The van der Waals surface area contributed by atoms with Crippen molar-refractivity contribution in [1.82, 2.24) is 30.0 Å². The highest BCUT2D eigenvalue weighted by molar-refractivity contribution is 6.23. The summed E-state index contributed by atoms with van der Waals surface area (Å²) in [5.74, 6) is -1.02. The molecule has 3 N–H and O–H groups in total. The molecule has 1 saturated heterocycles. The first-order valence-electron chi connectivity index (χ1n) is 14.6. The number of nitrogens with one attached hydrogen (secondary N) is 3. The fourth-order valence-electron chi connectivity index (χ4n) is 6.46. The van der Waals surface area contributed by atoms with E-state index in [4.69, 9.17) is 10.1 Å². The van der Waals surface area contributed by atoms with Gasteiger partial charge >= 0.3 is 0 Å². The summed E-state index contributed by atoms with van der Waals surface area (Å²) in [6, 6.07) is 10.6. The lowest BCUT2D eigenvalue weighted by molar-refractivity contribution is -0.136. The molecule has 4 aromatic rings. The molecule has 11 heteroatoms. The van der Waals surface area contributed by atoms with Gasteiger partial charge in [0.05, 0.1) is 39.6 Å². The van der Waals surface area contributed by atoms with E-state index in [1.807, 2.05) is 12.3 Å². The van der Waals surface area contributed by atoms with Crippen LogP contribution in [0.25, 0.3) is 22.3 Å². The number of pyridine rings is 1. The minimum atomic E-state index is -0.964. The Morgan fingerprint density at radius 1 is 0.929 bits per heavy atom. The zero-order chi connectivity index (χ0) is 28.5. The fraction of sp³-hybridized carbons (Fsp3) is 0.355. The number of amides is 4. The predicted octanol–water partition coefficient (Wildman–Crippen LogP) is 3.77. The number of carbonyl (C=O) groups excluding carboxylic acids is 4. The topological polar surface area (TPSA) is 142 Å². The van der Waals surface area contributed by atoms with Crippen LogP contribution in [-0.2, 0) is 9.59 Å². The molecule has 2 saturated carbocycles. The van der Waals surface area contributed by atoms with Gasteiger partial charge in [-0.2, -0.15) is 5.10 Å². The van der Waals surface area contributed by atoms with Gasteiger partial charge in [0.15, 0.2) is 0 Å². The lowest BCUT2D eigenvalue weighted by Crippen LogP contribution is -2.54.